The van der Waals surface area contributed by atoms with Crippen molar-refractivity contribution in [3.05, 3.63) is 59.7 Å². The summed E-state index contributed by atoms with van der Waals surface area (Å²) < 4.78 is 26.4. The van der Waals surface area contributed by atoms with Gasteiger partial charge in [-0.25, -0.2) is 8.78 Å². The van der Waals surface area contributed by atoms with Crippen molar-refractivity contribution >= 4 is 5.91 Å². The Bertz CT molecular complexity index is 923. The second-order valence-corrected chi connectivity index (χ2v) is 6.81. The summed E-state index contributed by atoms with van der Waals surface area (Å²) >= 11 is 0. The molecule has 0 radical (unpaired) electrons. The first-order valence-electron chi connectivity index (χ1n) is 8.77. The van der Waals surface area contributed by atoms with Crippen LogP contribution in [-0.4, -0.2) is 31.5 Å². The number of benzene rings is 2. The van der Waals surface area contributed by atoms with Crippen LogP contribution in [0.25, 0.3) is 11.1 Å². The summed E-state index contributed by atoms with van der Waals surface area (Å²) in [6, 6.07) is 17.7. The van der Waals surface area contributed by atoms with E-state index in [1.54, 1.807) is 12.1 Å². The Kier molecular flexibility index (Phi) is 5.67. The molecule has 1 saturated heterocycles. The minimum absolute atomic E-state index is 0.0893. The van der Waals surface area contributed by atoms with Gasteiger partial charge in [-0.3, -0.25) is 4.79 Å². The second-order valence-electron chi connectivity index (χ2n) is 6.81. The summed E-state index contributed by atoms with van der Waals surface area (Å²) in [6.07, 6.45) is -2.55. The average Bonchev–Trinajstić information content (AvgIpc) is 2.67. The Balaban J connectivity index is 1.66. The standard InChI is InChI=1S/C21H18F2N4O/c22-19(23)21(12-26-13-21)20(28)27-18(11-25)9-14-1-5-16(6-2-14)17-7-3-15(10-24)4-8-17/h1-8,18-19,26H,9,12-13H2,(H,27,28). The molecule has 1 atom stereocenters. The van der Waals surface area contributed by atoms with Gasteiger partial charge in [0.25, 0.3) is 6.43 Å². The molecular weight excluding hydrogens is 362 g/mol. The molecule has 2 aromatic rings. The van der Waals surface area contributed by atoms with E-state index in [0.29, 0.717) is 5.56 Å². The zero-order valence-electron chi connectivity index (χ0n) is 15.0. The van der Waals surface area contributed by atoms with E-state index in [4.69, 9.17) is 5.26 Å². The Labute approximate surface area is 161 Å². The number of carbonyl (C=O) groups is 1. The molecule has 0 bridgehead atoms. The van der Waals surface area contributed by atoms with Gasteiger partial charge in [-0.2, -0.15) is 10.5 Å². The van der Waals surface area contributed by atoms with Gasteiger partial charge in [-0.1, -0.05) is 36.4 Å². The highest BCUT2D eigenvalue weighted by Crippen LogP contribution is 2.31. The lowest BCUT2D eigenvalue weighted by Gasteiger charge is -2.40. The quantitative estimate of drug-likeness (QED) is 0.806. The normalized spacial score (nSPS) is 15.8. The largest absolute Gasteiger partial charge is 0.339 e. The van der Waals surface area contributed by atoms with Gasteiger partial charge >= 0.3 is 0 Å². The molecular formula is C21H18F2N4O. The Morgan fingerprint density at radius 3 is 2.07 bits per heavy atom. The van der Waals surface area contributed by atoms with Gasteiger partial charge in [0.1, 0.15) is 11.5 Å². The van der Waals surface area contributed by atoms with Gasteiger partial charge in [0.05, 0.1) is 17.7 Å². The van der Waals surface area contributed by atoms with Crippen LogP contribution in [0.4, 0.5) is 8.78 Å². The highest BCUT2D eigenvalue weighted by atomic mass is 19.3. The number of alkyl halides is 2. The van der Waals surface area contributed by atoms with Crippen LogP contribution in [0.1, 0.15) is 11.1 Å². The first-order valence-corrected chi connectivity index (χ1v) is 8.77. The Morgan fingerprint density at radius 1 is 1.07 bits per heavy atom. The van der Waals surface area contributed by atoms with E-state index >= 15 is 0 Å². The molecule has 0 spiro atoms. The smallest absolute Gasteiger partial charge is 0.255 e. The van der Waals surface area contributed by atoms with Crippen molar-refractivity contribution in [1.29, 1.82) is 10.5 Å². The third-order valence-electron chi connectivity index (χ3n) is 4.95. The highest BCUT2D eigenvalue weighted by molar-refractivity contribution is 5.85. The van der Waals surface area contributed by atoms with Crippen LogP contribution in [0.2, 0.25) is 0 Å². The average molecular weight is 380 g/mol. The summed E-state index contributed by atoms with van der Waals surface area (Å²) in [5.74, 6) is -0.790. The zero-order chi connectivity index (χ0) is 20.1. The van der Waals surface area contributed by atoms with Crippen LogP contribution in [0.3, 0.4) is 0 Å². The van der Waals surface area contributed by atoms with Crippen LogP contribution in [0.5, 0.6) is 0 Å². The van der Waals surface area contributed by atoms with E-state index in [1.165, 1.54) is 0 Å². The molecule has 2 N–H and O–H groups in total. The molecule has 1 amide bonds. The molecule has 0 saturated carbocycles. The minimum atomic E-state index is -2.78. The fourth-order valence-corrected chi connectivity index (χ4v) is 3.05. The summed E-state index contributed by atoms with van der Waals surface area (Å²) in [5, 5.41) is 23.3. The number of nitrogens with one attached hydrogen (secondary N) is 2. The lowest BCUT2D eigenvalue weighted by Crippen LogP contribution is -2.66. The lowest BCUT2D eigenvalue weighted by atomic mass is 9.81. The van der Waals surface area contributed by atoms with Crippen molar-refractivity contribution in [1.82, 2.24) is 10.6 Å². The molecule has 0 aromatic heterocycles. The predicted octanol–water partition coefficient (Wildman–Crippen LogP) is 2.63. The van der Waals surface area contributed by atoms with Crippen molar-refractivity contribution in [2.75, 3.05) is 13.1 Å². The molecule has 0 aliphatic carbocycles. The zero-order valence-corrected chi connectivity index (χ0v) is 15.0. The van der Waals surface area contributed by atoms with E-state index in [-0.39, 0.29) is 19.5 Å². The van der Waals surface area contributed by atoms with Crippen molar-refractivity contribution in [2.24, 2.45) is 5.41 Å². The fourth-order valence-electron chi connectivity index (χ4n) is 3.05. The number of carbonyl (C=O) groups excluding carboxylic acids is 1. The van der Waals surface area contributed by atoms with Crippen molar-refractivity contribution in [3.63, 3.8) is 0 Å². The number of nitrogens with zero attached hydrogens (tertiary/aromatic N) is 2. The molecule has 1 heterocycles. The van der Waals surface area contributed by atoms with Crippen molar-refractivity contribution in [3.8, 4) is 23.3 Å². The number of nitriles is 2. The molecule has 5 nitrogen and oxygen atoms in total. The predicted molar refractivity (Wildman–Crippen MR) is 99.1 cm³/mol. The van der Waals surface area contributed by atoms with Crippen LogP contribution in [-0.2, 0) is 11.2 Å². The molecule has 1 fully saturated rings. The molecule has 28 heavy (non-hydrogen) atoms. The maximum atomic E-state index is 13.2. The van der Waals surface area contributed by atoms with Gasteiger partial charge in [0, 0.05) is 19.5 Å². The molecule has 1 aliphatic rings. The summed E-state index contributed by atoms with van der Waals surface area (Å²) in [7, 11) is 0. The van der Waals surface area contributed by atoms with E-state index < -0.39 is 23.8 Å². The lowest BCUT2D eigenvalue weighted by molar-refractivity contribution is -0.146. The number of hydrogen-bond acceptors (Lipinski definition) is 4. The third-order valence-corrected chi connectivity index (χ3v) is 4.95. The summed E-state index contributed by atoms with van der Waals surface area (Å²) in [6.45, 7) is -0.179. The molecule has 1 aliphatic heterocycles. The fraction of sp³-hybridized carbons (Fsp3) is 0.286. The monoisotopic (exact) mass is 380 g/mol. The van der Waals surface area contributed by atoms with E-state index in [0.717, 1.165) is 16.7 Å². The van der Waals surface area contributed by atoms with Crippen molar-refractivity contribution in [2.45, 2.75) is 18.9 Å². The number of rotatable bonds is 6. The van der Waals surface area contributed by atoms with Crippen molar-refractivity contribution < 1.29 is 13.6 Å². The summed E-state index contributed by atoms with van der Waals surface area (Å²) in [4.78, 5) is 12.2. The maximum Gasteiger partial charge on any atom is 0.255 e. The molecule has 2 aromatic carbocycles. The van der Waals surface area contributed by atoms with E-state index in [9.17, 15) is 18.8 Å². The third kappa shape index (κ3) is 3.85. The maximum absolute atomic E-state index is 13.2. The van der Waals surface area contributed by atoms with Gasteiger partial charge in [-0.15, -0.1) is 0 Å². The van der Waals surface area contributed by atoms with E-state index in [1.807, 2.05) is 42.5 Å². The second kappa shape index (κ2) is 8.16. The minimum Gasteiger partial charge on any atom is -0.339 e. The SMILES string of the molecule is N#Cc1ccc(-c2ccc(CC(C#N)NC(=O)C3(C(F)F)CNC3)cc2)cc1. The molecule has 7 heteroatoms. The first kappa shape index (κ1) is 19.5. The van der Waals surface area contributed by atoms with Crippen LogP contribution in [0, 0.1) is 28.1 Å². The van der Waals surface area contributed by atoms with Gasteiger partial charge < -0.3 is 10.6 Å². The molecule has 1 unspecified atom stereocenters. The Hall–Kier alpha value is -3.29. The van der Waals surface area contributed by atoms with E-state index in [2.05, 4.69) is 16.7 Å². The first-order chi connectivity index (χ1) is 13.5. The summed E-state index contributed by atoms with van der Waals surface area (Å²) in [5.41, 5.74) is 1.54. The Morgan fingerprint density at radius 2 is 1.64 bits per heavy atom. The van der Waals surface area contributed by atoms with Crippen LogP contribution < -0.4 is 10.6 Å². The molecule has 142 valence electrons. The van der Waals surface area contributed by atoms with Crippen LogP contribution in [0.15, 0.2) is 48.5 Å². The molecule has 3 rings (SSSR count). The van der Waals surface area contributed by atoms with Crippen LogP contribution >= 0.6 is 0 Å². The number of hydrogen-bond donors (Lipinski definition) is 2. The van der Waals surface area contributed by atoms with Gasteiger partial charge in [-0.05, 0) is 28.8 Å². The highest BCUT2D eigenvalue weighted by Gasteiger charge is 2.52. The number of amides is 1. The van der Waals surface area contributed by atoms with Gasteiger partial charge in [0.2, 0.25) is 5.91 Å². The number of halogens is 2. The van der Waals surface area contributed by atoms with Gasteiger partial charge in [0.15, 0.2) is 0 Å². The topological polar surface area (TPSA) is 88.7 Å².